The van der Waals surface area contributed by atoms with E-state index in [-0.39, 0.29) is 11.9 Å². The van der Waals surface area contributed by atoms with Crippen LogP contribution in [0.5, 0.6) is 0 Å². The molecule has 2 aliphatic heterocycles. The van der Waals surface area contributed by atoms with Crippen LogP contribution in [0.15, 0.2) is 47.5 Å². The van der Waals surface area contributed by atoms with Crippen LogP contribution in [0.2, 0.25) is 0 Å². The number of benzene rings is 2. The normalized spacial score (nSPS) is 20.3. The zero-order valence-electron chi connectivity index (χ0n) is 16.5. The number of piperazine rings is 1. The van der Waals surface area contributed by atoms with Crippen LogP contribution >= 0.6 is 0 Å². The molecule has 28 heavy (non-hydrogen) atoms. The van der Waals surface area contributed by atoms with Crippen molar-refractivity contribution < 1.29 is 4.79 Å². The lowest BCUT2D eigenvalue weighted by Gasteiger charge is -2.39. The first-order valence-electron chi connectivity index (χ1n) is 10.2. The second-order valence-electron chi connectivity index (χ2n) is 7.63. The number of aliphatic imine (C=N–C) groups is 1. The summed E-state index contributed by atoms with van der Waals surface area (Å²) >= 11 is 0. The van der Waals surface area contributed by atoms with Crippen LogP contribution in [0, 0.1) is 0 Å². The number of likely N-dealkylation sites (N-methyl/N-ethyl adjacent to an activating group) is 1. The van der Waals surface area contributed by atoms with E-state index in [1.807, 2.05) is 4.90 Å². The van der Waals surface area contributed by atoms with Gasteiger partial charge in [-0.05, 0) is 36.2 Å². The molecule has 0 aliphatic carbocycles. The number of guanidine groups is 1. The van der Waals surface area contributed by atoms with E-state index in [2.05, 4.69) is 70.0 Å². The van der Waals surface area contributed by atoms with Crippen molar-refractivity contribution in [1.82, 2.24) is 20.4 Å². The van der Waals surface area contributed by atoms with Crippen molar-refractivity contribution in [2.75, 3.05) is 46.3 Å². The summed E-state index contributed by atoms with van der Waals surface area (Å²) in [4.78, 5) is 21.6. The minimum absolute atomic E-state index is 0.0557. The summed E-state index contributed by atoms with van der Waals surface area (Å²) in [5.41, 5.74) is 1.29. The summed E-state index contributed by atoms with van der Waals surface area (Å²) in [6.07, 6.45) is 1.69. The lowest BCUT2D eigenvalue weighted by molar-refractivity contribution is -0.141. The lowest BCUT2D eigenvalue weighted by atomic mass is 10.0. The van der Waals surface area contributed by atoms with Gasteiger partial charge in [0.15, 0.2) is 5.96 Å². The number of carbonyl (C=O) groups is 1. The smallest absolute Gasteiger partial charge is 0.240 e. The van der Waals surface area contributed by atoms with E-state index in [0.29, 0.717) is 0 Å². The van der Waals surface area contributed by atoms with Crippen LogP contribution in [-0.4, -0.2) is 74.0 Å². The lowest BCUT2D eigenvalue weighted by Crippen LogP contribution is -2.56. The van der Waals surface area contributed by atoms with Crippen molar-refractivity contribution in [3.8, 4) is 0 Å². The van der Waals surface area contributed by atoms with Gasteiger partial charge in [0.05, 0.1) is 12.6 Å². The summed E-state index contributed by atoms with van der Waals surface area (Å²) in [5, 5.41) is 9.03. The molecule has 2 aliphatic rings. The van der Waals surface area contributed by atoms with Crippen LogP contribution in [0.4, 0.5) is 0 Å². The first-order valence-corrected chi connectivity index (χ1v) is 10.2. The number of carbonyl (C=O) groups excluding carboxylic acids is 1. The van der Waals surface area contributed by atoms with E-state index < -0.39 is 0 Å². The molecule has 6 nitrogen and oxygen atoms in total. The molecule has 0 unspecified atom stereocenters. The van der Waals surface area contributed by atoms with Gasteiger partial charge in [0.25, 0.3) is 0 Å². The van der Waals surface area contributed by atoms with Crippen molar-refractivity contribution in [2.45, 2.75) is 18.9 Å². The number of nitrogens with zero attached hydrogens (tertiary/aromatic N) is 3. The molecule has 0 radical (unpaired) electrons. The highest BCUT2D eigenvalue weighted by Crippen LogP contribution is 2.17. The maximum Gasteiger partial charge on any atom is 0.240 e. The van der Waals surface area contributed by atoms with Crippen molar-refractivity contribution in [2.24, 2.45) is 4.99 Å². The third-order valence-corrected chi connectivity index (χ3v) is 5.72. The van der Waals surface area contributed by atoms with Gasteiger partial charge < -0.3 is 15.5 Å². The molecule has 0 spiro atoms. The number of nitrogens with one attached hydrogen (secondary N) is 2. The third kappa shape index (κ3) is 4.28. The molecule has 2 aromatic carbocycles. The number of amides is 1. The standard InChI is InChI=1S/C22H29N5O/c1-26-14-15-27(21(28)20(26)8-10-23-22-24-11-12-25-22)13-9-17-6-7-18-4-2-3-5-19(18)16-17/h2-7,16,20H,8-15H2,1H3,(H2,23,24,25)/t20-/m0/s1. The van der Waals surface area contributed by atoms with Crippen LogP contribution < -0.4 is 10.6 Å². The Kier molecular flexibility index (Phi) is 5.76. The van der Waals surface area contributed by atoms with E-state index in [1.165, 1.54) is 16.3 Å². The highest BCUT2D eigenvalue weighted by Gasteiger charge is 2.32. The largest absolute Gasteiger partial charge is 0.356 e. The van der Waals surface area contributed by atoms with Crippen molar-refractivity contribution in [3.05, 3.63) is 48.0 Å². The molecule has 1 saturated heterocycles. The van der Waals surface area contributed by atoms with Gasteiger partial charge in [0, 0.05) is 32.7 Å². The molecule has 4 rings (SSSR count). The van der Waals surface area contributed by atoms with E-state index in [9.17, 15) is 4.79 Å². The predicted molar refractivity (Wildman–Crippen MR) is 114 cm³/mol. The van der Waals surface area contributed by atoms with E-state index in [1.54, 1.807) is 0 Å². The Bertz CT molecular complexity index is 865. The Labute approximate surface area is 166 Å². The van der Waals surface area contributed by atoms with Gasteiger partial charge in [-0.1, -0.05) is 42.5 Å². The van der Waals surface area contributed by atoms with E-state index in [4.69, 9.17) is 0 Å². The minimum Gasteiger partial charge on any atom is -0.356 e. The first-order chi connectivity index (χ1) is 13.7. The Morgan fingerprint density at radius 2 is 2.04 bits per heavy atom. The van der Waals surface area contributed by atoms with Crippen LogP contribution in [-0.2, 0) is 11.2 Å². The molecule has 148 valence electrons. The van der Waals surface area contributed by atoms with Crippen molar-refractivity contribution in [3.63, 3.8) is 0 Å². The summed E-state index contributed by atoms with van der Waals surface area (Å²) in [6.45, 7) is 4.99. The third-order valence-electron chi connectivity index (χ3n) is 5.72. The Balaban J connectivity index is 1.32. The van der Waals surface area contributed by atoms with Crippen LogP contribution in [0.1, 0.15) is 12.0 Å². The minimum atomic E-state index is -0.0557. The van der Waals surface area contributed by atoms with Crippen LogP contribution in [0.3, 0.4) is 0 Å². The summed E-state index contributed by atoms with van der Waals surface area (Å²) in [7, 11) is 2.05. The highest BCUT2D eigenvalue weighted by atomic mass is 16.2. The van der Waals surface area contributed by atoms with Gasteiger partial charge in [-0.2, -0.15) is 0 Å². The average Bonchev–Trinajstić information content (AvgIpc) is 3.23. The van der Waals surface area contributed by atoms with Gasteiger partial charge in [0.1, 0.15) is 0 Å². The van der Waals surface area contributed by atoms with Crippen molar-refractivity contribution >= 4 is 22.6 Å². The Morgan fingerprint density at radius 3 is 2.86 bits per heavy atom. The molecule has 2 N–H and O–H groups in total. The molecule has 1 fully saturated rings. The predicted octanol–water partition coefficient (Wildman–Crippen LogP) is 1.46. The fraction of sp³-hybridized carbons (Fsp3) is 0.455. The average molecular weight is 380 g/mol. The fourth-order valence-corrected chi connectivity index (χ4v) is 4.01. The quantitative estimate of drug-likeness (QED) is 0.798. The van der Waals surface area contributed by atoms with Crippen LogP contribution in [0.25, 0.3) is 10.8 Å². The molecule has 0 aromatic heterocycles. The number of rotatable bonds is 6. The molecule has 0 saturated carbocycles. The molecular weight excluding hydrogens is 350 g/mol. The zero-order chi connectivity index (χ0) is 19.3. The maximum atomic E-state index is 13.0. The fourth-order valence-electron chi connectivity index (χ4n) is 4.01. The molecule has 1 atom stereocenters. The Morgan fingerprint density at radius 1 is 1.18 bits per heavy atom. The van der Waals surface area contributed by atoms with Crippen molar-refractivity contribution in [1.29, 1.82) is 0 Å². The van der Waals surface area contributed by atoms with Gasteiger partial charge >= 0.3 is 0 Å². The van der Waals surface area contributed by atoms with Gasteiger partial charge in [0.2, 0.25) is 5.91 Å². The zero-order valence-corrected chi connectivity index (χ0v) is 16.5. The summed E-state index contributed by atoms with van der Waals surface area (Å²) in [5.74, 6) is 1.11. The first kappa shape index (κ1) is 18.7. The number of fused-ring (bicyclic) bond motifs is 1. The number of hydrogen-bond acceptors (Lipinski definition) is 5. The van der Waals surface area contributed by atoms with Gasteiger partial charge in [-0.15, -0.1) is 0 Å². The highest BCUT2D eigenvalue weighted by molar-refractivity contribution is 5.84. The molecule has 6 heteroatoms. The second-order valence-corrected chi connectivity index (χ2v) is 7.63. The van der Waals surface area contributed by atoms with E-state index >= 15 is 0 Å². The molecule has 0 bridgehead atoms. The monoisotopic (exact) mass is 379 g/mol. The van der Waals surface area contributed by atoms with Gasteiger partial charge in [-0.25, -0.2) is 0 Å². The molecule has 2 aromatic rings. The molecule has 1 amide bonds. The maximum absolute atomic E-state index is 13.0. The van der Waals surface area contributed by atoms with Gasteiger partial charge in [-0.3, -0.25) is 14.7 Å². The molecular formula is C22H29N5O. The topological polar surface area (TPSA) is 60.0 Å². The summed E-state index contributed by atoms with van der Waals surface area (Å²) in [6, 6.07) is 15.0. The van der Waals surface area contributed by atoms with E-state index in [0.717, 1.165) is 58.1 Å². The second kappa shape index (κ2) is 8.61. The Hall–Kier alpha value is -2.60. The number of hydrogen-bond donors (Lipinski definition) is 2. The molecule has 2 heterocycles. The summed E-state index contributed by atoms with van der Waals surface area (Å²) < 4.78 is 0. The SMILES string of the molecule is CN1CCN(CCc2ccc3ccccc3c2)C(=O)[C@@H]1CCNC1=NCCN1.